The Labute approximate surface area is 99.2 Å². The molecule has 17 heavy (non-hydrogen) atoms. The van der Waals surface area contributed by atoms with Gasteiger partial charge in [-0.15, -0.1) is 0 Å². The monoisotopic (exact) mass is 242 g/mol. The first-order valence-electron chi connectivity index (χ1n) is 5.35. The number of nitrogens with two attached hydrogens (primary N) is 1. The van der Waals surface area contributed by atoms with Gasteiger partial charge in [-0.3, -0.25) is 4.79 Å². The highest BCUT2D eigenvalue weighted by atomic mass is 19.3. The molecule has 94 valence electrons. The maximum atomic E-state index is 12.0. The first-order chi connectivity index (χ1) is 7.99. The number of amides is 1. The van der Waals surface area contributed by atoms with Gasteiger partial charge in [0.1, 0.15) is 0 Å². The van der Waals surface area contributed by atoms with E-state index in [1.54, 1.807) is 12.1 Å². The molecule has 3 nitrogen and oxygen atoms in total. The van der Waals surface area contributed by atoms with Gasteiger partial charge < -0.3 is 10.6 Å². The molecule has 0 radical (unpaired) electrons. The maximum Gasteiger partial charge on any atom is 0.255 e. The van der Waals surface area contributed by atoms with Crippen molar-refractivity contribution in [3.05, 3.63) is 29.8 Å². The van der Waals surface area contributed by atoms with Crippen LogP contribution in [0.5, 0.6) is 0 Å². The summed E-state index contributed by atoms with van der Waals surface area (Å²) in [6.45, 7) is -0.513. The molecule has 0 atom stereocenters. The van der Waals surface area contributed by atoms with Crippen molar-refractivity contribution in [2.45, 2.75) is 19.3 Å². The fourth-order valence-electron chi connectivity index (χ4n) is 1.44. The summed E-state index contributed by atoms with van der Waals surface area (Å²) in [4.78, 5) is 12.5. The topological polar surface area (TPSA) is 46.3 Å². The van der Waals surface area contributed by atoms with E-state index in [4.69, 9.17) is 5.73 Å². The van der Waals surface area contributed by atoms with Crippen molar-refractivity contribution in [1.82, 2.24) is 4.90 Å². The molecule has 0 saturated carbocycles. The van der Waals surface area contributed by atoms with E-state index in [0.717, 1.165) is 10.5 Å². The van der Waals surface area contributed by atoms with Crippen LogP contribution in [0.1, 0.15) is 12.0 Å². The van der Waals surface area contributed by atoms with Gasteiger partial charge in [0.2, 0.25) is 5.91 Å². The standard InChI is InChI=1S/C12H16F2N2O/c1-16(8-11(13)14)12(17)7-4-9-2-5-10(15)6-3-9/h2-3,5-6,11H,4,7-8,15H2,1H3. The van der Waals surface area contributed by atoms with Crippen LogP contribution in [-0.2, 0) is 11.2 Å². The number of anilines is 1. The lowest BCUT2D eigenvalue weighted by Gasteiger charge is -2.16. The fourth-order valence-corrected chi connectivity index (χ4v) is 1.44. The Bertz CT molecular complexity index is 365. The van der Waals surface area contributed by atoms with E-state index < -0.39 is 13.0 Å². The van der Waals surface area contributed by atoms with Crippen molar-refractivity contribution in [2.24, 2.45) is 0 Å². The molecular weight excluding hydrogens is 226 g/mol. The number of carbonyl (C=O) groups excluding carboxylic acids is 1. The van der Waals surface area contributed by atoms with Crippen LogP contribution in [0.25, 0.3) is 0 Å². The fraction of sp³-hybridized carbons (Fsp3) is 0.417. The molecule has 0 aromatic heterocycles. The van der Waals surface area contributed by atoms with Crippen LogP contribution < -0.4 is 5.73 Å². The molecule has 0 fully saturated rings. The highest BCUT2D eigenvalue weighted by Crippen LogP contribution is 2.08. The molecule has 1 amide bonds. The first-order valence-corrected chi connectivity index (χ1v) is 5.35. The predicted molar refractivity (Wildman–Crippen MR) is 62.8 cm³/mol. The summed E-state index contributed by atoms with van der Waals surface area (Å²) in [5, 5.41) is 0. The molecule has 0 bridgehead atoms. The summed E-state index contributed by atoms with van der Waals surface area (Å²) in [6, 6.07) is 7.16. The zero-order valence-corrected chi connectivity index (χ0v) is 9.70. The largest absolute Gasteiger partial charge is 0.399 e. The van der Waals surface area contributed by atoms with Crippen LogP contribution >= 0.6 is 0 Å². The number of hydrogen-bond donors (Lipinski definition) is 1. The number of carbonyl (C=O) groups is 1. The lowest BCUT2D eigenvalue weighted by Crippen LogP contribution is -2.31. The summed E-state index contributed by atoms with van der Waals surface area (Å²) in [5.41, 5.74) is 7.16. The lowest BCUT2D eigenvalue weighted by molar-refractivity contribution is -0.131. The Morgan fingerprint density at radius 1 is 1.35 bits per heavy atom. The average molecular weight is 242 g/mol. The molecule has 2 N–H and O–H groups in total. The summed E-state index contributed by atoms with van der Waals surface area (Å²) in [7, 11) is 1.39. The van der Waals surface area contributed by atoms with E-state index in [1.165, 1.54) is 7.05 Å². The smallest absolute Gasteiger partial charge is 0.255 e. The quantitative estimate of drug-likeness (QED) is 0.802. The third-order valence-electron chi connectivity index (χ3n) is 2.44. The third kappa shape index (κ3) is 4.80. The molecule has 1 aromatic carbocycles. The highest BCUT2D eigenvalue weighted by molar-refractivity contribution is 5.76. The third-order valence-corrected chi connectivity index (χ3v) is 2.44. The van der Waals surface area contributed by atoms with E-state index in [1.807, 2.05) is 12.1 Å². The van der Waals surface area contributed by atoms with E-state index in [2.05, 4.69) is 0 Å². The second kappa shape index (κ2) is 6.18. The minimum atomic E-state index is -2.49. The number of nitrogens with zero attached hydrogens (tertiary/aromatic N) is 1. The Morgan fingerprint density at radius 3 is 2.47 bits per heavy atom. The van der Waals surface area contributed by atoms with E-state index in [9.17, 15) is 13.6 Å². The SMILES string of the molecule is CN(CC(F)F)C(=O)CCc1ccc(N)cc1. The zero-order chi connectivity index (χ0) is 12.8. The van der Waals surface area contributed by atoms with Crippen molar-refractivity contribution in [3.63, 3.8) is 0 Å². The minimum Gasteiger partial charge on any atom is -0.399 e. The molecule has 0 saturated heterocycles. The molecule has 0 aliphatic heterocycles. The molecule has 1 rings (SSSR count). The van der Waals surface area contributed by atoms with Gasteiger partial charge in [0, 0.05) is 19.2 Å². The second-order valence-electron chi connectivity index (χ2n) is 3.91. The van der Waals surface area contributed by atoms with Crippen molar-refractivity contribution in [3.8, 4) is 0 Å². The average Bonchev–Trinajstić information content (AvgIpc) is 2.27. The van der Waals surface area contributed by atoms with E-state index in [-0.39, 0.29) is 12.3 Å². The Morgan fingerprint density at radius 2 is 1.94 bits per heavy atom. The molecule has 0 aliphatic rings. The van der Waals surface area contributed by atoms with Crippen LogP contribution in [0.4, 0.5) is 14.5 Å². The number of hydrogen-bond acceptors (Lipinski definition) is 2. The van der Waals surface area contributed by atoms with Gasteiger partial charge in [-0.1, -0.05) is 12.1 Å². The van der Waals surface area contributed by atoms with Gasteiger partial charge in [-0.2, -0.15) is 0 Å². The molecule has 0 unspecified atom stereocenters. The van der Waals surface area contributed by atoms with Crippen LogP contribution in [0.2, 0.25) is 0 Å². The second-order valence-corrected chi connectivity index (χ2v) is 3.91. The number of rotatable bonds is 5. The number of nitrogen functional groups attached to an aromatic ring is 1. The van der Waals surface area contributed by atoms with Crippen LogP contribution in [0, 0.1) is 0 Å². The van der Waals surface area contributed by atoms with Gasteiger partial charge in [-0.25, -0.2) is 8.78 Å². The summed E-state index contributed by atoms with van der Waals surface area (Å²) < 4.78 is 24.1. The number of alkyl halides is 2. The predicted octanol–water partition coefficient (Wildman–Crippen LogP) is 1.92. The molecular formula is C12H16F2N2O. The Kier molecular flexibility index (Phi) is 4.87. The van der Waals surface area contributed by atoms with Crippen LogP contribution in [0.3, 0.4) is 0 Å². The van der Waals surface area contributed by atoms with Gasteiger partial charge >= 0.3 is 0 Å². The molecule has 0 heterocycles. The number of halogens is 2. The van der Waals surface area contributed by atoms with Crippen molar-refractivity contribution in [1.29, 1.82) is 0 Å². The summed E-state index contributed by atoms with van der Waals surface area (Å²) >= 11 is 0. The highest BCUT2D eigenvalue weighted by Gasteiger charge is 2.13. The van der Waals surface area contributed by atoms with Crippen LogP contribution in [-0.4, -0.2) is 30.8 Å². The van der Waals surface area contributed by atoms with Crippen LogP contribution in [0.15, 0.2) is 24.3 Å². The minimum absolute atomic E-state index is 0.229. The van der Waals surface area contributed by atoms with E-state index >= 15 is 0 Å². The Hall–Kier alpha value is -1.65. The van der Waals surface area contributed by atoms with Gasteiger partial charge in [0.05, 0.1) is 6.54 Å². The molecule has 0 aliphatic carbocycles. The maximum absolute atomic E-state index is 12.0. The summed E-state index contributed by atoms with van der Waals surface area (Å²) in [5.74, 6) is -0.276. The molecule has 0 spiro atoms. The molecule has 1 aromatic rings. The van der Waals surface area contributed by atoms with Crippen molar-refractivity contribution < 1.29 is 13.6 Å². The van der Waals surface area contributed by atoms with Crippen molar-refractivity contribution >= 4 is 11.6 Å². The number of benzene rings is 1. The molecule has 5 heteroatoms. The Balaban J connectivity index is 2.40. The zero-order valence-electron chi connectivity index (χ0n) is 9.70. The normalized spacial score (nSPS) is 10.6. The lowest BCUT2D eigenvalue weighted by atomic mass is 10.1. The van der Waals surface area contributed by atoms with E-state index in [0.29, 0.717) is 12.1 Å². The van der Waals surface area contributed by atoms with Gasteiger partial charge in [0.25, 0.3) is 6.43 Å². The van der Waals surface area contributed by atoms with Crippen molar-refractivity contribution in [2.75, 3.05) is 19.3 Å². The van der Waals surface area contributed by atoms with Gasteiger partial charge in [-0.05, 0) is 24.1 Å². The first kappa shape index (κ1) is 13.4. The number of aryl methyl sites for hydroxylation is 1. The van der Waals surface area contributed by atoms with Gasteiger partial charge in [0.15, 0.2) is 0 Å². The summed E-state index contributed by atoms with van der Waals surface area (Å²) in [6.07, 6.45) is -1.72.